The topological polar surface area (TPSA) is 93.1 Å². The van der Waals surface area contributed by atoms with Crippen molar-refractivity contribution in [3.05, 3.63) is 36.4 Å². The zero-order chi connectivity index (χ0) is 18.0. The molecular formula is C18H17NO6. The molecule has 4 atom stereocenters. The molecule has 0 spiro atoms. The van der Waals surface area contributed by atoms with Crippen LogP contribution in [0.2, 0.25) is 0 Å². The van der Waals surface area contributed by atoms with Gasteiger partial charge in [0.05, 0.1) is 29.7 Å². The van der Waals surface area contributed by atoms with Gasteiger partial charge in [-0.3, -0.25) is 14.4 Å². The number of esters is 1. The van der Waals surface area contributed by atoms with E-state index in [1.54, 1.807) is 37.3 Å². The first-order valence-corrected chi connectivity index (χ1v) is 7.99. The van der Waals surface area contributed by atoms with Crippen molar-refractivity contribution < 1.29 is 29.0 Å². The molecule has 25 heavy (non-hydrogen) atoms. The second kappa shape index (κ2) is 5.00. The molecule has 1 aromatic carbocycles. The van der Waals surface area contributed by atoms with Crippen LogP contribution in [0.1, 0.15) is 13.8 Å². The molecule has 7 heteroatoms. The number of carbonyl (C=O) groups is 3. The van der Waals surface area contributed by atoms with Gasteiger partial charge >= 0.3 is 5.97 Å². The zero-order valence-corrected chi connectivity index (χ0v) is 13.8. The predicted octanol–water partition coefficient (Wildman–Crippen LogP) is 0.807. The smallest absolute Gasteiger partial charge is 0.308 e. The van der Waals surface area contributed by atoms with Gasteiger partial charge in [-0.2, -0.15) is 0 Å². The fourth-order valence-corrected chi connectivity index (χ4v) is 4.15. The first kappa shape index (κ1) is 16.0. The Hall–Kier alpha value is -2.51. The molecule has 2 amide bonds. The summed E-state index contributed by atoms with van der Waals surface area (Å²) in [7, 11) is 0. The number of fused-ring (bicyclic) bond motifs is 5. The summed E-state index contributed by atoms with van der Waals surface area (Å²) in [5.74, 6) is -2.49. The van der Waals surface area contributed by atoms with Gasteiger partial charge in [0.15, 0.2) is 0 Å². The molecule has 1 N–H and O–H groups in total. The highest BCUT2D eigenvalue weighted by Crippen LogP contribution is 2.57. The molecule has 3 aliphatic heterocycles. The molecule has 0 radical (unpaired) electrons. The molecule has 7 nitrogen and oxygen atoms in total. The summed E-state index contributed by atoms with van der Waals surface area (Å²) in [6, 6.07) is 6.26. The molecule has 2 bridgehead atoms. The van der Waals surface area contributed by atoms with Gasteiger partial charge in [0, 0.05) is 13.0 Å². The van der Waals surface area contributed by atoms with Crippen LogP contribution in [-0.2, 0) is 19.1 Å². The Balaban J connectivity index is 1.74. The van der Waals surface area contributed by atoms with Crippen molar-refractivity contribution >= 4 is 23.5 Å². The quantitative estimate of drug-likeness (QED) is 0.378. The van der Waals surface area contributed by atoms with E-state index in [-0.39, 0.29) is 18.3 Å². The molecule has 2 saturated heterocycles. The summed E-state index contributed by atoms with van der Waals surface area (Å²) in [6.45, 7) is 2.64. The van der Waals surface area contributed by atoms with E-state index in [0.29, 0.717) is 5.69 Å². The number of nitrogens with zero attached hydrogens (tertiary/aromatic N) is 1. The van der Waals surface area contributed by atoms with Gasteiger partial charge in [-0.25, -0.2) is 4.90 Å². The lowest BCUT2D eigenvalue weighted by molar-refractivity contribution is -0.132. The summed E-state index contributed by atoms with van der Waals surface area (Å²) < 4.78 is 10.9. The van der Waals surface area contributed by atoms with Crippen molar-refractivity contribution in [3.8, 4) is 5.75 Å². The number of imide groups is 1. The van der Waals surface area contributed by atoms with Crippen molar-refractivity contribution in [1.29, 1.82) is 0 Å². The van der Waals surface area contributed by atoms with Crippen molar-refractivity contribution in [1.82, 2.24) is 0 Å². The Morgan fingerprint density at radius 1 is 1.28 bits per heavy atom. The molecule has 0 unspecified atom stereocenters. The Morgan fingerprint density at radius 2 is 2.00 bits per heavy atom. The van der Waals surface area contributed by atoms with Crippen molar-refractivity contribution in [2.75, 3.05) is 11.5 Å². The minimum atomic E-state index is -1.16. The Kier molecular flexibility index (Phi) is 3.20. The number of rotatable bonds is 3. The highest BCUT2D eigenvalue weighted by molar-refractivity contribution is 6.23. The van der Waals surface area contributed by atoms with Crippen LogP contribution in [0.3, 0.4) is 0 Å². The van der Waals surface area contributed by atoms with Crippen LogP contribution in [0, 0.1) is 11.8 Å². The maximum atomic E-state index is 13.0. The van der Waals surface area contributed by atoms with E-state index in [9.17, 15) is 19.5 Å². The standard InChI is InChI=1S/C18H17NO6/c1-10(21)24-12-5-3-4-11(8-12)19-15(22)13-14(16(19)23)18(9-20)7-6-17(13,2)25-18/h3-8,13-14,20H,9H2,1-2H3/t13-,14+,17+,18-/m0/s1. The van der Waals surface area contributed by atoms with Gasteiger partial charge in [-0.05, 0) is 19.1 Å². The monoisotopic (exact) mass is 343 g/mol. The predicted molar refractivity (Wildman–Crippen MR) is 85.7 cm³/mol. The van der Waals surface area contributed by atoms with Gasteiger partial charge in [-0.1, -0.05) is 18.2 Å². The van der Waals surface area contributed by atoms with Crippen molar-refractivity contribution in [2.45, 2.75) is 25.0 Å². The van der Waals surface area contributed by atoms with Crippen LogP contribution in [-0.4, -0.2) is 40.7 Å². The minimum absolute atomic E-state index is 0.253. The molecular weight excluding hydrogens is 326 g/mol. The zero-order valence-electron chi connectivity index (χ0n) is 13.8. The first-order chi connectivity index (χ1) is 11.8. The fourth-order valence-electron chi connectivity index (χ4n) is 4.15. The molecule has 0 aromatic heterocycles. The van der Waals surface area contributed by atoms with Gasteiger partial charge in [0.25, 0.3) is 0 Å². The van der Waals surface area contributed by atoms with Gasteiger partial charge in [0.2, 0.25) is 11.8 Å². The van der Waals surface area contributed by atoms with Gasteiger partial charge in [-0.15, -0.1) is 0 Å². The van der Waals surface area contributed by atoms with Gasteiger partial charge in [0.1, 0.15) is 11.4 Å². The summed E-state index contributed by atoms with van der Waals surface area (Å²) in [6.07, 6.45) is 3.42. The second-order valence-electron chi connectivity index (χ2n) is 6.79. The Labute approximate surface area is 143 Å². The number of amides is 2. The minimum Gasteiger partial charge on any atom is -0.427 e. The molecule has 3 heterocycles. The number of aliphatic hydroxyl groups excluding tert-OH is 1. The van der Waals surface area contributed by atoms with E-state index in [4.69, 9.17) is 9.47 Å². The maximum Gasteiger partial charge on any atom is 0.308 e. The lowest BCUT2D eigenvalue weighted by Crippen LogP contribution is -2.43. The average Bonchev–Trinajstić information content (AvgIpc) is 3.13. The van der Waals surface area contributed by atoms with E-state index < -0.39 is 34.9 Å². The molecule has 4 rings (SSSR count). The molecule has 0 saturated carbocycles. The van der Waals surface area contributed by atoms with Crippen LogP contribution in [0.4, 0.5) is 5.69 Å². The van der Waals surface area contributed by atoms with E-state index in [2.05, 4.69) is 0 Å². The van der Waals surface area contributed by atoms with Gasteiger partial charge < -0.3 is 14.6 Å². The molecule has 0 aliphatic carbocycles. The van der Waals surface area contributed by atoms with Crippen LogP contribution >= 0.6 is 0 Å². The number of benzene rings is 1. The lowest BCUT2D eigenvalue weighted by atomic mass is 9.73. The molecule has 3 aliphatic rings. The number of hydrogen-bond donors (Lipinski definition) is 1. The summed E-state index contributed by atoms with van der Waals surface area (Å²) in [4.78, 5) is 38.2. The highest BCUT2D eigenvalue weighted by atomic mass is 16.5. The third-order valence-corrected chi connectivity index (χ3v) is 5.14. The summed E-state index contributed by atoms with van der Waals surface area (Å²) in [5, 5.41) is 9.79. The van der Waals surface area contributed by atoms with Crippen LogP contribution in [0.15, 0.2) is 36.4 Å². The van der Waals surface area contributed by atoms with Crippen LogP contribution in [0.5, 0.6) is 5.75 Å². The highest BCUT2D eigenvalue weighted by Gasteiger charge is 2.72. The van der Waals surface area contributed by atoms with E-state index in [1.807, 2.05) is 0 Å². The SMILES string of the molecule is CC(=O)Oc1cccc(N2C(=O)[C@@H]3[C@H](C2=O)[C@@]2(CO)C=C[C@@]3(C)O2)c1. The maximum absolute atomic E-state index is 13.0. The summed E-state index contributed by atoms with van der Waals surface area (Å²) in [5.41, 5.74) is -1.74. The molecule has 2 fully saturated rings. The van der Waals surface area contributed by atoms with E-state index in [0.717, 1.165) is 4.90 Å². The Morgan fingerprint density at radius 3 is 2.68 bits per heavy atom. The lowest BCUT2D eigenvalue weighted by Gasteiger charge is -2.27. The number of carbonyl (C=O) groups excluding carboxylic acids is 3. The third kappa shape index (κ3) is 2.03. The largest absolute Gasteiger partial charge is 0.427 e. The Bertz CT molecular complexity index is 833. The first-order valence-electron chi connectivity index (χ1n) is 7.99. The molecule has 130 valence electrons. The normalized spacial score (nSPS) is 35.4. The fraction of sp³-hybridized carbons (Fsp3) is 0.389. The third-order valence-electron chi connectivity index (χ3n) is 5.14. The van der Waals surface area contributed by atoms with Crippen LogP contribution < -0.4 is 9.64 Å². The number of ether oxygens (including phenoxy) is 2. The van der Waals surface area contributed by atoms with E-state index >= 15 is 0 Å². The van der Waals surface area contributed by atoms with Crippen molar-refractivity contribution in [2.24, 2.45) is 11.8 Å². The van der Waals surface area contributed by atoms with Crippen LogP contribution in [0.25, 0.3) is 0 Å². The molecule has 1 aromatic rings. The second-order valence-corrected chi connectivity index (χ2v) is 6.79. The average molecular weight is 343 g/mol. The van der Waals surface area contributed by atoms with Crippen molar-refractivity contribution in [3.63, 3.8) is 0 Å². The number of aliphatic hydroxyl groups is 1. The summed E-state index contributed by atoms with van der Waals surface area (Å²) >= 11 is 0. The number of anilines is 1. The number of hydrogen-bond acceptors (Lipinski definition) is 6. The van der Waals surface area contributed by atoms with E-state index in [1.165, 1.54) is 13.0 Å².